The second-order valence-corrected chi connectivity index (χ2v) is 7.51. The average Bonchev–Trinajstić information content (AvgIpc) is 3.12. The fourth-order valence-corrected chi connectivity index (χ4v) is 3.67. The molecular weight excluding hydrogens is 384 g/mol. The van der Waals surface area contributed by atoms with Crippen molar-refractivity contribution < 1.29 is 9.47 Å². The smallest absolute Gasteiger partial charge is 0.191 e. The number of ether oxygens (including phenoxy) is 2. The zero-order valence-electron chi connectivity index (χ0n) is 18.1. The van der Waals surface area contributed by atoms with Gasteiger partial charge in [-0.25, -0.2) is 4.98 Å². The molecule has 0 radical (unpaired) electrons. The topological polar surface area (TPSA) is 67.8 Å². The zero-order valence-corrected chi connectivity index (χ0v) is 18.9. The van der Waals surface area contributed by atoms with E-state index in [9.17, 15) is 0 Å². The van der Waals surface area contributed by atoms with Crippen molar-refractivity contribution in [3.8, 4) is 11.5 Å². The van der Waals surface area contributed by atoms with Gasteiger partial charge < -0.3 is 20.1 Å². The van der Waals surface area contributed by atoms with Gasteiger partial charge >= 0.3 is 0 Å². The Balaban J connectivity index is 1.82. The maximum Gasteiger partial charge on any atom is 0.191 e. The number of benzene rings is 1. The van der Waals surface area contributed by atoms with Gasteiger partial charge in [-0.15, -0.1) is 11.3 Å². The summed E-state index contributed by atoms with van der Waals surface area (Å²) in [5, 5.41) is 10.0. The number of nitrogens with zero attached hydrogens (tertiary/aromatic N) is 2. The van der Waals surface area contributed by atoms with Crippen LogP contribution in [-0.2, 0) is 12.8 Å². The number of rotatable bonds is 12. The monoisotopic (exact) mass is 418 g/mol. The summed E-state index contributed by atoms with van der Waals surface area (Å²) in [5.41, 5.74) is 2.31. The Morgan fingerprint density at radius 3 is 2.55 bits per heavy atom. The van der Waals surface area contributed by atoms with Crippen molar-refractivity contribution >= 4 is 17.3 Å². The van der Waals surface area contributed by atoms with E-state index in [0.717, 1.165) is 62.0 Å². The van der Waals surface area contributed by atoms with Crippen LogP contribution in [0.5, 0.6) is 11.5 Å². The van der Waals surface area contributed by atoms with Crippen molar-refractivity contribution in [1.29, 1.82) is 0 Å². The Kier molecular flexibility index (Phi) is 10.3. The quantitative estimate of drug-likeness (QED) is 0.310. The number of aromatic nitrogens is 1. The van der Waals surface area contributed by atoms with E-state index < -0.39 is 0 Å². The number of aliphatic imine (C=N–C) groups is 1. The van der Waals surface area contributed by atoms with Gasteiger partial charge in [0.25, 0.3) is 0 Å². The third-order valence-electron chi connectivity index (χ3n) is 4.14. The van der Waals surface area contributed by atoms with E-state index >= 15 is 0 Å². The highest BCUT2D eigenvalue weighted by atomic mass is 32.1. The zero-order chi connectivity index (χ0) is 20.9. The van der Waals surface area contributed by atoms with Gasteiger partial charge in [0.2, 0.25) is 0 Å². The summed E-state index contributed by atoms with van der Waals surface area (Å²) >= 11 is 1.73. The number of hydrogen-bond acceptors (Lipinski definition) is 5. The molecule has 2 rings (SSSR count). The highest BCUT2D eigenvalue weighted by Crippen LogP contribution is 2.28. The molecule has 1 heterocycles. The minimum absolute atomic E-state index is 0.625. The normalized spacial score (nSPS) is 11.4. The van der Waals surface area contributed by atoms with E-state index in [1.54, 1.807) is 11.3 Å². The van der Waals surface area contributed by atoms with E-state index in [0.29, 0.717) is 13.2 Å². The molecule has 0 atom stereocenters. The van der Waals surface area contributed by atoms with Crippen LogP contribution in [0.1, 0.15) is 43.5 Å². The molecule has 29 heavy (non-hydrogen) atoms. The van der Waals surface area contributed by atoms with Gasteiger partial charge in [0.1, 0.15) is 0 Å². The van der Waals surface area contributed by atoms with Crippen LogP contribution >= 0.6 is 11.3 Å². The molecule has 0 aliphatic rings. The molecule has 0 aliphatic heterocycles. The van der Waals surface area contributed by atoms with Crippen LogP contribution in [0.3, 0.4) is 0 Å². The molecule has 0 saturated heterocycles. The summed E-state index contributed by atoms with van der Waals surface area (Å²) in [6.07, 6.45) is 2.86. The largest absolute Gasteiger partial charge is 0.490 e. The van der Waals surface area contributed by atoms with Crippen LogP contribution in [0.25, 0.3) is 0 Å². The Morgan fingerprint density at radius 2 is 1.86 bits per heavy atom. The summed E-state index contributed by atoms with van der Waals surface area (Å²) in [5.74, 6) is 2.47. The molecule has 160 valence electrons. The third kappa shape index (κ3) is 8.31. The molecule has 0 unspecified atom stereocenters. The van der Waals surface area contributed by atoms with Crippen LogP contribution in [0, 0.1) is 6.92 Å². The van der Waals surface area contributed by atoms with Crippen LogP contribution in [-0.4, -0.2) is 43.8 Å². The maximum absolute atomic E-state index is 5.71. The molecule has 2 N–H and O–H groups in total. The first-order valence-corrected chi connectivity index (χ1v) is 11.4. The minimum Gasteiger partial charge on any atom is -0.490 e. The van der Waals surface area contributed by atoms with E-state index in [1.807, 2.05) is 26.8 Å². The predicted molar refractivity (Wildman–Crippen MR) is 122 cm³/mol. The van der Waals surface area contributed by atoms with E-state index in [2.05, 4.69) is 45.0 Å². The molecule has 0 aliphatic carbocycles. The van der Waals surface area contributed by atoms with Gasteiger partial charge in [0, 0.05) is 37.1 Å². The molecular formula is C22H34N4O2S. The van der Waals surface area contributed by atoms with Crippen molar-refractivity contribution in [2.24, 2.45) is 4.99 Å². The van der Waals surface area contributed by atoms with Gasteiger partial charge in [-0.05, 0) is 58.2 Å². The summed E-state index contributed by atoms with van der Waals surface area (Å²) in [6, 6.07) is 6.15. The lowest BCUT2D eigenvalue weighted by Gasteiger charge is -2.14. The molecule has 1 aromatic heterocycles. The Hall–Kier alpha value is -2.28. The summed E-state index contributed by atoms with van der Waals surface area (Å²) in [4.78, 5) is 9.18. The van der Waals surface area contributed by atoms with Crippen molar-refractivity contribution in [3.05, 3.63) is 39.8 Å². The van der Waals surface area contributed by atoms with Crippen molar-refractivity contribution in [2.45, 2.75) is 47.0 Å². The molecule has 0 saturated carbocycles. The van der Waals surface area contributed by atoms with Gasteiger partial charge in [-0.1, -0.05) is 6.07 Å². The second kappa shape index (κ2) is 13.0. The van der Waals surface area contributed by atoms with Crippen LogP contribution in [0.2, 0.25) is 0 Å². The predicted octanol–water partition coefficient (Wildman–Crippen LogP) is 3.98. The van der Waals surface area contributed by atoms with Crippen molar-refractivity contribution in [2.75, 3.05) is 32.8 Å². The number of hydrogen-bond donors (Lipinski definition) is 2. The Bertz CT molecular complexity index is 761. The van der Waals surface area contributed by atoms with Gasteiger partial charge in [0.15, 0.2) is 17.5 Å². The molecule has 2 aromatic rings. The minimum atomic E-state index is 0.625. The highest BCUT2D eigenvalue weighted by molar-refractivity contribution is 7.09. The van der Waals surface area contributed by atoms with E-state index in [-0.39, 0.29) is 0 Å². The molecule has 0 bridgehead atoms. The molecule has 6 nitrogen and oxygen atoms in total. The number of thiazole rings is 1. The highest BCUT2D eigenvalue weighted by Gasteiger charge is 2.06. The third-order valence-corrected chi connectivity index (χ3v) is 5.17. The second-order valence-electron chi connectivity index (χ2n) is 6.57. The Morgan fingerprint density at radius 1 is 1.07 bits per heavy atom. The SMILES string of the molecule is CCNC(=NCCCc1nc(C)cs1)NCCc1ccc(OCC)c(OCC)c1. The molecule has 0 amide bonds. The number of nitrogens with one attached hydrogen (secondary N) is 2. The fourth-order valence-electron chi connectivity index (χ4n) is 2.86. The molecule has 7 heteroatoms. The first kappa shape index (κ1) is 23.0. The lowest BCUT2D eigenvalue weighted by Crippen LogP contribution is -2.38. The number of guanidine groups is 1. The van der Waals surface area contributed by atoms with Crippen LogP contribution < -0.4 is 20.1 Å². The van der Waals surface area contributed by atoms with E-state index in [1.165, 1.54) is 10.6 Å². The average molecular weight is 419 g/mol. The van der Waals surface area contributed by atoms with Gasteiger partial charge in [-0.2, -0.15) is 0 Å². The maximum atomic E-state index is 5.71. The summed E-state index contributed by atoms with van der Waals surface area (Å²) < 4.78 is 11.3. The molecule has 0 spiro atoms. The molecule has 0 fully saturated rings. The van der Waals surface area contributed by atoms with E-state index in [4.69, 9.17) is 9.47 Å². The van der Waals surface area contributed by atoms with Gasteiger partial charge in [0.05, 0.1) is 18.2 Å². The van der Waals surface area contributed by atoms with Crippen molar-refractivity contribution in [3.63, 3.8) is 0 Å². The lowest BCUT2D eigenvalue weighted by molar-refractivity contribution is 0.287. The Labute approximate surface area is 178 Å². The first-order valence-electron chi connectivity index (χ1n) is 10.5. The van der Waals surface area contributed by atoms with Crippen molar-refractivity contribution in [1.82, 2.24) is 15.6 Å². The standard InChI is InChI=1S/C22H34N4O2S/c1-5-23-22(24-13-8-9-21-26-17(4)16-29-21)25-14-12-18-10-11-19(27-6-2)20(15-18)28-7-3/h10-11,15-16H,5-9,12-14H2,1-4H3,(H2,23,24,25). The summed E-state index contributed by atoms with van der Waals surface area (Å²) in [7, 11) is 0. The first-order chi connectivity index (χ1) is 14.2. The molecule has 1 aromatic carbocycles. The van der Waals surface area contributed by atoms with Crippen LogP contribution in [0.4, 0.5) is 0 Å². The lowest BCUT2D eigenvalue weighted by atomic mass is 10.1. The van der Waals surface area contributed by atoms with Crippen LogP contribution in [0.15, 0.2) is 28.6 Å². The summed E-state index contributed by atoms with van der Waals surface area (Å²) in [6.45, 7) is 11.8. The van der Waals surface area contributed by atoms with Gasteiger partial charge in [-0.3, -0.25) is 4.99 Å². The fraction of sp³-hybridized carbons (Fsp3) is 0.545. The number of aryl methyl sites for hydroxylation is 2.